The van der Waals surface area contributed by atoms with Gasteiger partial charge in [0, 0.05) is 9.50 Å². The molecule has 2 N–H and O–H groups in total. The molecule has 110 valence electrons. The highest BCUT2D eigenvalue weighted by Crippen LogP contribution is 2.39. The van der Waals surface area contributed by atoms with E-state index in [9.17, 15) is 0 Å². The van der Waals surface area contributed by atoms with Gasteiger partial charge < -0.3 is 15.2 Å². The number of aryl methyl sites for hydroxylation is 1. The minimum absolute atomic E-state index is 0.258. The van der Waals surface area contributed by atoms with Crippen LogP contribution in [0.4, 0.5) is 0 Å². The van der Waals surface area contributed by atoms with E-state index in [0.717, 1.165) is 37.7 Å². The van der Waals surface area contributed by atoms with E-state index in [-0.39, 0.29) is 6.04 Å². The van der Waals surface area contributed by atoms with Gasteiger partial charge in [0.05, 0.1) is 6.04 Å². The van der Waals surface area contributed by atoms with Crippen LogP contribution in [0, 0.1) is 6.92 Å². The summed E-state index contributed by atoms with van der Waals surface area (Å²) in [4.78, 5) is 0. The molecule has 0 aliphatic carbocycles. The van der Waals surface area contributed by atoms with Crippen LogP contribution in [-0.4, -0.2) is 13.2 Å². The van der Waals surface area contributed by atoms with Crippen molar-refractivity contribution in [2.75, 3.05) is 13.2 Å². The number of nitrogens with two attached hydrogens (primary N) is 1. The fourth-order valence-electron chi connectivity index (χ4n) is 2.36. The molecule has 21 heavy (non-hydrogen) atoms. The van der Waals surface area contributed by atoms with Crippen LogP contribution in [0.2, 0.25) is 5.02 Å². The number of ether oxygens (including phenoxy) is 2. The Morgan fingerprint density at radius 2 is 1.81 bits per heavy atom. The molecule has 3 rings (SSSR count). The fourth-order valence-corrected chi connectivity index (χ4v) is 3.05. The van der Waals surface area contributed by atoms with Gasteiger partial charge in [-0.15, -0.1) is 0 Å². The first-order valence-electron chi connectivity index (χ1n) is 6.67. The highest BCUT2D eigenvalue weighted by atomic mass is 79.9. The van der Waals surface area contributed by atoms with Gasteiger partial charge in [-0.2, -0.15) is 0 Å². The van der Waals surface area contributed by atoms with Gasteiger partial charge in [0.15, 0.2) is 11.5 Å². The Morgan fingerprint density at radius 3 is 2.48 bits per heavy atom. The van der Waals surface area contributed by atoms with Gasteiger partial charge in [-0.25, -0.2) is 0 Å². The lowest BCUT2D eigenvalue weighted by Gasteiger charge is -2.22. The zero-order valence-electron chi connectivity index (χ0n) is 11.5. The standard InChI is InChI=1S/C16H15BrClNO2/c1-9-6-10(2-3-13(9)18)16(19)11-7-14-15(8-12(11)17)21-5-4-20-14/h2-3,6-8,16H,4-5,19H2,1H3. The van der Waals surface area contributed by atoms with Crippen LogP contribution in [0.5, 0.6) is 11.5 Å². The van der Waals surface area contributed by atoms with E-state index in [2.05, 4.69) is 15.9 Å². The molecule has 1 atom stereocenters. The zero-order valence-corrected chi connectivity index (χ0v) is 13.9. The van der Waals surface area contributed by atoms with Crippen LogP contribution in [0.25, 0.3) is 0 Å². The topological polar surface area (TPSA) is 44.5 Å². The summed E-state index contributed by atoms with van der Waals surface area (Å²) in [6.45, 7) is 3.10. The lowest BCUT2D eigenvalue weighted by Crippen LogP contribution is -2.17. The van der Waals surface area contributed by atoms with Gasteiger partial charge in [0.1, 0.15) is 13.2 Å². The molecule has 2 aromatic rings. The predicted molar refractivity (Wildman–Crippen MR) is 87.4 cm³/mol. The summed E-state index contributed by atoms with van der Waals surface area (Å²) in [7, 11) is 0. The monoisotopic (exact) mass is 367 g/mol. The number of fused-ring (bicyclic) bond motifs is 1. The second-order valence-corrected chi connectivity index (χ2v) is 6.27. The second kappa shape index (κ2) is 5.87. The maximum atomic E-state index is 6.40. The molecule has 1 aliphatic rings. The van der Waals surface area contributed by atoms with Gasteiger partial charge in [-0.05, 0) is 41.8 Å². The first-order valence-corrected chi connectivity index (χ1v) is 7.84. The lowest BCUT2D eigenvalue weighted by molar-refractivity contribution is 0.171. The van der Waals surface area contributed by atoms with E-state index in [1.54, 1.807) is 0 Å². The molecule has 1 aliphatic heterocycles. The van der Waals surface area contributed by atoms with Crippen molar-refractivity contribution in [3.63, 3.8) is 0 Å². The summed E-state index contributed by atoms with van der Waals surface area (Å²) in [5.41, 5.74) is 9.38. The molecule has 3 nitrogen and oxygen atoms in total. The lowest BCUT2D eigenvalue weighted by atomic mass is 9.97. The highest BCUT2D eigenvalue weighted by molar-refractivity contribution is 9.10. The second-order valence-electron chi connectivity index (χ2n) is 5.00. The average molecular weight is 369 g/mol. The largest absolute Gasteiger partial charge is 0.486 e. The van der Waals surface area contributed by atoms with E-state index in [0.29, 0.717) is 13.2 Å². The van der Waals surface area contributed by atoms with Crippen molar-refractivity contribution >= 4 is 27.5 Å². The van der Waals surface area contributed by atoms with Crippen molar-refractivity contribution in [2.24, 2.45) is 5.73 Å². The molecule has 0 radical (unpaired) electrons. The first kappa shape index (κ1) is 14.7. The summed E-state index contributed by atoms with van der Waals surface area (Å²) in [5.74, 6) is 1.48. The Bertz CT molecular complexity index is 690. The molecule has 0 fully saturated rings. The van der Waals surface area contributed by atoms with E-state index < -0.39 is 0 Å². The van der Waals surface area contributed by atoms with Crippen LogP contribution < -0.4 is 15.2 Å². The molecule has 0 saturated heterocycles. The minimum atomic E-state index is -0.258. The molecule has 2 aromatic carbocycles. The van der Waals surface area contributed by atoms with Crippen molar-refractivity contribution < 1.29 is 9.47 Å². The molecular weight excluding hydrogens is 354 g/mol. The van der Waals surface area contributed by atoms with Crippen molar-refractivity contribution in [1.29, 1.82) is 0 Å². The maximum absolute atomic E-state index is 6.40. The number of hydrogen-bond acceptors (Lipinski definition) is 3. The van der Waals surface area contributed by atoms with Crippen molar-refractivity contribution in [2.45, 2.75) is 13.0 Å². The van der Waals surface area contributed by atoms with E-state index in [4.69, 9.17) is 26.8 Å². The fraction of sp³-hybridized carbons (Fsp3) is 0.250. The predicted octanol–water partition coefficient (Wildman–Crippen LogP) is 4.23. The van der Waals surface area contributed by atoms with Gasteiger partial charge >= 0.3 is 0 Å². The Labute approximate surface area is 137 Å². The van der Waals surface area contributed by atoms with E-state index >= 15 is 0 Å². The molecule has 1 unspecified atom stereocenters. The highest BCUT2D eigenvalue weighted by Gasteiger charge is 2.19. The summed E-state index contributed by atoms with van der Waals surface area (Å²) in [6, 6.07) is 9.42. The number of halogens is 2. The Kier molecular flexibility index (Phi) is 4.11. The Hall–Kier alpha value is -1.23. The molecule has 0 bridgehead atoms. The summed E-state index contributed by atoms with van der Waals surface area (Å²) in [6.07, 6.45) is 0. The molecule has 0 spiro atoms. The smallest absolute Gasteiger partial charge is 0.162 e. The van der Waals surface area contributed by atoms with E-state index in [1.807, 2.05) is 37.3 Å². The molecule has 0 saturated carbocycles. The van der Waals surface area contributed by atoms with Crippen LogP contribution in [-0.2, 0) is 0 Å². The Balaban J connectivity index is 2.00. The SMILES string of the molecule is Cc1cc(C(N)c2cc3c(cc2Br)OCCO3)ccc1Cl. The third-order valence-electron chi connectivity index (χ3n) is 3.54. The van der Waals surface area contributed by atoms with Crippen LogP contribution in [0.15, 0.2) is 34.8 Å². The van der Waals surface area contributed by atoms with Crippen LogP contribution >= 0.6 is 27.5 Å². The molecule has 5 heteroatoms. The minimum Gasteiger partial charge on any atom is -0.486 e. The molecule has 0 aromatic heterocycles. The van der Waals surface area contributed by atoms with Crippen molar-refractivity contribution in [3.8, 4) is 11.5 Å². The Morgan fingerprint density at radius 1 is 1.14 bits per heavy atom. The summed E-state index contributed by atoms with van der Waals surface area (Å²) < 4.78 is 12.1. The van der Waals surface area contributed by atoms with E-state index in [1.165, 1.54) is 0 Å². The third kappa shape index (κ3) is 2.89. The maximum Gasteiger partial charge on any atom is 0.162 e. The third-order valence-corrected chi connectivity index (χ3v) is 4.65. The van der Waals surface area contributed by atoms with Crippen LogP contribution in [0.3, 0.4) is 0 Å². The number of benzene rings is 2. The van der Waals surface area contributed by atoms with Crippen molar-refractivity contribution in [3.05, 3.63) is 56.5 Å². The molecule has 0 amide bonds. The van der Waals surface area contributed by atoms with Gasteiger partial charge in [-0.1, -0.05) is 39.7 Å². The number of hydrogen-bond donors (Lipinski definition) is 1. The quantitative estimate of drug-likeness (QED) is 0.862. The normalized spacial score (nSPS) is 14.9. The summed E-state index contributed by atoms with van der Waals surface area (Å²) in [5, 5.41) is 0.743. The average Bonchev–Trinajstić information content (AvgIpc) is 2.48. The molecular formula is C16H15BrClNO2. The number of rotatable bonds is 2. The first-order chi connectivity index (χ1) is 10.1. The summed E-state index contributed by atoms with van der Waals surface area (Å²) >= 11 is 9.64. The van der Waals surface area contributed by atoms with Gasteiger partial charge in [0.2, 0.25) is 0 Å². The zero-order chi connectivity index (χ0) is 15.0. The van der Waals surface area contributed by atoms with Gasteiger partial charge in [0.25, 0.3) is 0 Å². The van der Waals surface area contributed by atoms with Crippen molar-refractivity contribution in [1.82, 2.24) is 0 Å². The van der Waals surface area contributed by atoms with Crippen LogP contribution in [0.1, 0.15) is 22.7 Å². The molecule has 1 heterocycles. The van der Waals surface area contributed by atoms with Gasteiger partial charge in [-0.3, -0.25) is 0 Å².